The van der Waals surface area contributed by atoms with E-state index < -0.39 is 11.6 Å². The molecule has 6 nitrogen and oxygen atoms in total. The molecule has 0 fully saturated rings. The number of carbonyl (C=O) groups is 1. The van der Waals surface area contributed by atoms with Crippen molar-refractivity contribution in [2.45, 2.75) is 39.7 Å². The summed E-state index contributed by atoms with van der Waals surface area (Å²) in [6, 6.07) is 2.72. The molecule has 1 aliphatic heterocycles. The van der Waals surface area contributed by atoms with Gasteiger partial charge in [-0.05, 0) is 44.9 Å². The lowest BCUT2D eigenvalue weighted by Crippen LogP contribution is -2.21. The zero-order valence-electron chi connectivity index (χ0n) is 14.8. The lowest BCUT2D eigenvalue weighted by atomic mass is 9.90. The van der Waals surface area contributed by atoms with Crippen molar-refractivity contribution in [2.75, 3.05) is 0 Å². The molecule has 0 amide bonds. The number of hydrogen-bond acceptors (Lipinski definition) is 6. The minimum atomic E-state index is -1.36. The smallest absolute Gasteiger partial charge is 0.347 e. The highest BCUT2D eigenvalue weighted by Gasteiger charge is 2.36. The summed E-state index contributed by atoms with van der Waals surface area (Å²) in [5.74, 6) is -1.07. The molecule has 1 atom stereocenters. The van der Waals surface area contributed by atoms with Crippen LogP contribution in [0, 0.1) is 13.8 Å². The number of fused-ring (bicyclic) bond motifs is 2. The maximum Gasteiger partial charge on any atom is 0.347 e. The number of carbonyl (C=O) groups excluding carboxylic acids is 1. The number of benzene rings is 2. The average Bonchev–Trinajstić information content (AvgIpc) is 2.73. The maximum absolute atomic E-state index is 12.7. The predicted molar refractivity (Wildman–Crippen MR) is 95.6 cm³/mol. The summed E-state index contributed by atoms with van der Waals surface area (Å²) in [5, 5.41) is 30.8. The third-order valence-corrected chi connectivity index (χ3v) is 5.09. The van der Waals surface area contributed by atoms with E-state index >= 15 is 0 Å². The summed E-state index contributed by atoms with van der Waals surface area (Å²) in [4.78, 5) is 12.7. The Morgan fingerprint density at radius 2 is 1.73 bits per heavy atom. The quantitative estimate of drug-likeness (QED) is 0.532. The molecular weight excluding hydrogens is 360 g/mol. The first-order valence-electron chi connectivity index (χ1n) is 8.10. The van der Waals surface area contributed by atoms with Crippen LogP contribution in [0.5, 0.6) is 28.7 Å². The molecule has 3 N–H and O–H groups in total. The molecule has 2 aromatic rings. The molecule has 0 aliphatic carbocycles. The van der Waals surface area contributed by atoms with Crippen LogP contribution in [-0.4, -0.2) is 21.3 Å². The van der Waals surface area contributed by atoms with Crippen molar-refractivity contribution < 1.29 is 29.6 Å². The fraction of sp³-hybridized carbons (Fsp3) is 0.316. The second kappa shape index (κ2) is 6.07. The maximum atomic E-state index is 12.7. The molecule has 0 bridgehead atoms. The van der Waals surface area contributed by atoms with Gasteiger partial charge >= 0.3 is 5.97 Å². The predicted octanol–water partition coefficient (Wildman–Crippen LogP) is 4.31. The van der Waals surface area contributed by atoms with Gasteiger partial charge in [0.05, 0.1) is 5.60 Å². The number of rotatable bonds is 2. The number of halogens is 1. The summed E-state index contributed by atoms with van der Waals surface area (Å²) in [6.45, 7) is 6.51. The van der Waals surface area contributed by atoms with Crippen molar-refractivity contribution in [1.29, 1.82) is 0 Å². The topological polar surface area (TPSA) is 96.2 Å². The lowest BCUT2D eigenvalue weighted by Gasteiger charge is -2.26. The van der Waals surface area contributed by atoms with E-state index in [4.69, 9.17) is 21.1 Å². The van der Waals surface area contributed by atoms with Crippen LogP contribution in [0.3, 0.4) is 0 Å². The zero-order chi connectivity index (χ0) is 19.4. The Bertz CT molecular complexity index is 933. The molecular formula is C19H19ClO6. The Kier molecular flexibility index (Phi) is 4.29. The second-order valence-electron chi connectivity index (χ2n) is 6.58. The highest BCUT2D eigenvalue weighted by Crippen LogP contribution is 2.52. The lowest BCUT2D eigenvalue weighted by molar-refractivity contribution is 0.0501. The van der Waals surface area contributed by atoms with Crippen LogP contribution in [0.15, 0.2) is 12.1 Å². The van der Waals surface area contributed by atoms with Crippen molar-refractivity contribution in [3.63, 3.8) is 0 Å². The number of aromatic hydroxyl groups is 2. The third-order valence-electron chi connectivity index (χ3n) is 4.73. The van der Waals surface area contributed by atoms with Gasteiger partial charge < -0.3 is 24.8 Å². The molecule has 0 radical (unpaired) electrons. The minimum absolute atomic E-state index is 0.00452. The number of aliphatic hydroxyl groups is 1. The minimum Gasteiger partial charge on any atom is -0.508 e. The van der Waals surface area contributed by atoms with Gasteiger partial charge in [0, 0.05) is 11.1 Å². The Labute approximate surface area is 155 Å². The van der Waals surface area contributed by atoms with E-state index in [2.05, 4.69) is 0 Å². The Hall–Kier alpha value is -2.44. The highest BCUT2D eigenvalue weighted by molar-refractivity contribution is 6.34. The van der Waals surface area contributed by atoms with Gasteiger partial charge in [-0.2, -0.15) is 0 Å². The van der Waals surface area contributed by atoms with E-state index in [0.717, 1.165) is 0 Å². The first kappa shape index (κ1) is 18.4. The number of esters is 1. The molecule has 1 aliphatic rings. The Morgan fingerprint density at radius 1 is 1.08 bits per heavy atom. The molecule has 0 aromatic heterocycles. The van der Waals surface area contributed by atoms with Gasteiger partial charge in [-0.3, -0.25) is 0 Å². The van der Waals surface area contributed by atoms with E-state index in [-0.39, 0.29) is 50.5 Å². The molecule has 0 saturated carbocycles. The Balaban J connectivity index is 2.38. The molecule has 26 heavy (non-hydrogen) atoms. The van der Waals surface area contributed by atoms with Gasteiger partial charge in [-0.1, -0.05) is 18.5 Å². The van der Waals surface area contributed by atoms with Gasteiger partial charge in [-0.15, -0.1) is 0 Å². The van der Waals surface area contributed by atoms with Gasteiger partial charge in [0.15, 0.2) is 17.2 Å². The third kappa shape index (κ3) is 2.66. The first-order chi connectivity index (χ1) is 12.1. The van der Waals surface area contributed by atoms with Crippen LogP contribution in [-0.2, 0) is 5.60 Å². The van der Waals surface area contributed by atoms with E-state index in [1.165, 1.54) is 12.1 Å². The monoisotopic (exact) mass is 378 g/mol. The molecule has 7 heteroatoms. The Morgan fingerprint density at radius 3 is 2.35 bits per heavy atom. The van der Waals surface area contributed by atoms with Gasteiger partial charge in [0.1, 0.15) is 22.1 Å². The SMILES string of the molecule is CCC(C)(O)c1cc(O)c(C)c2c1Oc1c(Cl)c(O)cc(C)c1C(=O)O2. The van der Waals surface area contributed by atoms with Crippen LogP contribution in [0.1, 0.15) is 47.3 Å². The largest absolute Gasteiger partial charge is 0.508 e. The fourth-order valence-electron chi connectivity index (χ4n) is 2.88. The van der Waals surface area contributed by atoms with E-state index in [9.17, 15) is 20.1 Å². The van der Waals surface area contributed by atoms with Gasteiger partial charge in [0.25, 0.3) is 0 Å². The van der Waals surface area contributed by atoms with Crippen LogP contribution < -0.4 is 9.47 Å². The second-order valence-corrected chi connectivity index (χ2v) is 6.95. The first-order valence-corrected chi connectivity index (χ1v) is 8.47. The molecule has 1 unspecified atom stereocenters. The van der Waals surface area contributed by atoms with Gasteiger partial charge in [-0.25, -0.2) is 4.79 Å². The molecule has 3 rings (SSSR count). The van der Waals surface area contributed by atoms with Crippen LogP contribution in [0.25, 0.3) is 0 Å². The molecule has 0 saturated heterocycles. The molecule has 0 spiro atoms. The number of phenolic OH excluding ortho intramolecular Hbond substituents is 2. The van der Waals surface area contributed by atoms with E-state index in [1.807, 2.05) is 0 Å². The number of ether oxygens (including phenoxy) is 2. The van der Waals surface area contributed by atoms with Crippen molar-refractivity contribution in [3.8, 4) is 28.7 Å². The fourth-order valence-corrected chi connectivity index (χ4v) is 3.06. The summed E-state index contributed by atoms with van der Waals surface area (Å²) < 4.78 is 11.4. The zero-order valence-corrected chi connectivity index (χ0v) is 15.6. The molecule has 2 aromatic carbocycles. The highest BCUT2D eigenvalue weighted by atomic mass is 35.5. The average molecular weight is 379 g/mol. The number of phenols is 2. The van der Waals surface area contributed by atoms with Crippen LogP contribution in [0.4, 0.5) is 0 Å². The van der Waals surface area contributed by atoms with Gasteiger partial charge in [0.2, 0.25) is 0 Å². The standard InChI is InChI=1S/C19H19ClO6/c1-5-19(4,24)10-7-11(21)9(3)15-16(10)25-17-13(18(23)26-15)8(2)6-12(22)14(17)20/h6-7,21-22,24H,5H2,1-4H3. The summed E-state index contributed by atoms with van der Waals surface area (Å²) >= 11 is 6.16. The molecule has 138 valence electrons. The van der Waals surface area contributed by atoms with Crippen molar-refractivity contribution in [3.05, 3.63) is 39.4 Å². The van der Waals surface area contributed by atoms with Crippen LogP contribution >= 0.6 is 11.6 Å². The summed E-state index contributed by atoms with van der Waals surface area (Å²) in [7, 11) is 0. The van der Waals surface area contributed by atoms with Crippen molar-refractivity contribution in [2.24, 2.45) is 0 Å². The summed E-state index contributed by atoms with van der Waals surface area (Å²) in [5.41, 5.74) is -0.328. The number of hydrogen-bond donors (Lipinski definition) is 3. The molecule has 1 heterocycles. The normalized spacial score (nSPS) is 15.2. The number of aryl methyl sites for hydroxylation is 1. The van der Waals surface area contributed by atoms with Crippen molar-refractivity contribution >= 4 is 17.6 Å². The van der Waals surface area contributed by atoms with E-state index in [0.29, 0.717) is 12.0 Å². The summed E-state index contributed by atoms with van der Waals surface area (Å²) in [6.07, 6.45) is 0.318. The van der Waals surface area contributed by atoms with Crippen molar-refractivity contribution in [1.82, 2.24) is 0 Å². The van der Waals surface area contributed by atoms with E-state index in [1.54, 1.807) is 27.7 Å². The van der Waals surface area contributed by atoms with Crippen LogP contribution in [0.2, 0.25) is 5.02 Å².